The molecule has 1 fully saturated rings. The van der Waals surface area contributed by atoms with E-state index in [2.05, 4.69) is 26.6 Å². The highest BCUT2D eigenvalue weighted by Gasteiger charge is 2.20. The van der Waals surface area contributed by atoms with E-state index in [0.717, 1.165) is 41.7 Å². The summed E-state index contributed by atoms with van der Waals surface area (Å²) in [6.45, 7) is 0.921. The lowest BCUT2D eigenvalue weighted by Crippen LogP contribution is -2.43. The first kappa shape index (κ1) is 13.4. The van der Waals surface area contributed by atoms with E-state index in [1.807, 2.05) is 18.2 Å². The Morgan fingerprint density at radius 2 is 2.33 bits per heavy atom. The molecule has 1 aliphatic heterocycles. The third kappa shape index (κ3) is 3.23. The fourth-order valence-corrected chi connectivity index (χ4v) is 2.59. The predicted molar refractivity (Wildman–Crippen MR) is 75.0 cm³/mol. The number of hydrogen-bond acceptors (Lipinski definition) is 3. The second kappa shape index (κ2) is 6.20. The normalized spacial score (nSPS) is 19.3. The van der Waals surface area contributed by atoms with Crippen molar-refractivity contribution in [1.29, 1.82) is 0 Å². The van der Waals surface area contributed by atoms with E-state index < -0.39 is 0 Å². The number of amides is 1. The molecule has 1 heterocycles. The number of carbonyl (C=O) groups is 1. The molecule has 1 saturated heterocycles. The predicted octanol–water partition coefficient (Wildman–Crippen LogP) is 2.54. The molecular weight excluding hydrogens is 296 g/mol. The van der Waals surface area contributed by atoms with Gasteiger partial charge < -0.3 is 15.4 Å². The molecule has 0 saturated carbocycles. The number of halogens is 1. The average molecular weight is 313 g/mol. The molecule has 1 aromatic rings. The molecule has 18 heavy (non-hydrogen) atoms. The lowest BCUT2D eigenvalue weighted by molar-refractivity contribution is -0.118. The van der Waals surface area contributed by atoms with Crippen LogP contribution < -0.4 is 15.4 Å². The fourth-order valence-electron chi connectivity index (χ4n) is 2.05. The minimum Gasteiger partial charge on any atom is -0.496 e. The maximum atomic E-state index is 12.0. The van der Waals surface area contributed by atoms with Crippen molar-refractivity contribution in [3.8, 4) is 5.75 Å². The number of rotatable bonds is 3. The average Bonchev–Trinajstić information content (AvgIpc) is 2.40. The van der Waals surface area contributed by atoms with Crippen LogP contribution in [0.3, 0.4) is 0 Å². The van der Waals surface area contributed by atoms with E-state index in [-0.39, 0.29) is 11.9 Å². The number of carbonyl (C=O) groups excluding carboxylic acids is 1. The summed E-state index contributed by atoms with van der Waals surface area (Å²) < 4.78 is 5.98. The van der Waals surface area contributed by atoms with Gasteiger partial charge in [-0.05, 0) is 53.5 Å². The molecule has 0 aliphatic carbocycles. The summed E-state index contributed by atoms with van der Waals surface area (Å²) in [4.78, 5) is 12.0. The van der Waals surface area contributed by atoms with Crippen molar-refractivity contribution < 1.29 is 9.53 Å². The lowest BCUT2D eigenvalue weighted by Gasteiger charge is -2.22. The van der Waals surface area contributed by atoms with Gasteiger partial charge in [-0.25, -0.2) is 0 Å². The first-order valence-corrected chi connectivity index (χ1v) is 6.88. The number of piperidine rings is 1. The van der Waals surface area contributed by atoms with Crippen LogP contribution in [0.2, 0.25) is 0 Å². The van der Waals surface area contributed by atoms with Crippen LogP contribution >= 0.6 is 15.9 Å². The molecule has 1 unspecified atom stereocenters. The van der Waals surface area contributed by atoms with Crippen molar-refractivity contribution in [2.24, 2.45) is 0 Å². The van der Waals surface area contributed by atoms with E-state index in [4.69, 9.17) is 4.74 Å². The summed E-state index contributed by atoms with van der Waals surface area (Å²) in [5.74, 6) is 0.788. The molecular formula is C13H17BrN2O2. The number of ether oxygens (including phenoxy) is 1. The number of anilines is 1. The zero-order valence-corrected chi connectivity index (χ0v) is 11.9. The molecule has 0 bridgehead atoms. The summed E-state index contributed by atoms with van der Waals surface area (Å²) in [5.41, 5.74) is 0.778. The Bertz CT molecular complexity index is 431. The van der Waals surface area contributed by atoms with Crippen molar-refractivity contribution in [3.63, 3.8) is 0 Å². The SMILES string of the molecule is COc1ccc(NC(=O)C2CCCCN2)cc1Br. The van der Waals surface area contributed by atoms with Gasteiger partial charge in [0.1, 0.15) is 5.75 Å². The van der Waals surface area contributed by atoms with Crippen LogP contribution in [-0.4, -0.2) is 25.6 Å². The number of nitrogens with one attached hydrogen (secondary N) is 2. The van der Waals surface area contributed by atoms with Crippen LogP contribution in [0.15, 0.2) is 22.7 Å². The van der Waals surface area contributed by atoms with E-state index in [9.17, 15) is 4.79 Å². The summed E-state index contributed by atoms with van der Waals surface area (Å²) >= 11 is 3.40. The van der Waals surface area contributed by atoms with Crippen LogP contribution in [0.25, 0.3) is 0 Å². The molecule has 1 aromatic carbocycles. The van der Waals surface area contributed by atoms with Gasteiger partial charge in [0.25, 0.3) is 0 Å². The molecule has 1 aliphatic rings. The quantitative estimate of drug-likeness (QED) is 0.901. The molecule has 0 aromatic heterocycles. The van der Waals surface area contributed by atoms with E-state index >= 15 is 0 Å². The molecule has 4 nitrogen and oxygen atoms in total. The highest BCUT2D eigenvalue weighted by molar-refractivity contribution is 9.10. The highest BCUT2D eigenvalue weighted by Crippen LogP contribution is 2.27. The van der Waals surface area contributed by atoms with Gasteiger partial charge >= 0.3 is 0 Å². The van der Waals surface area contributed by atoms with Crippen LogP contribution in [-0.2, 0) is 4.79 Å². The summed E-state index contributed by atoms with van der Waals surface area (Å²) in [6, 6.07) is 5.44. The first-order valence-electron chi connectivity index (χ1n) is 6.08. The minimum atomic E-state index is -0.0698. The zero-order chi connectivity index (χ0) is 13.0. The third-order valence-electron chi connectivity index (χ3n) is 3.05. The van der Waals surface area contributed by atoms with Gasteiger partial charge in [0.2, 0.25) is 5.91 Å². The van der Waals surface area contributed by atoms with Crippen LogP contribution in [0.5, 0.6) is 5.75 Å². The molecule has 0 radical (unpaired) electrons. The zero-order valence-electron chi connectivity index (χ0n) is 10.3. The maximum Gasteiger partial charge on any atom is 0.241 e. The summed E-state index contributed by atoms with van der Waals surface area (Å²) in [6.07, 6.45) is 3.17. The van der Waals surface area contributed by atoms with Crippen LogP contribution in [0, 0.1) is 0 Å². The lowest BCUT2D eigenvalue weighted by atomic mass is 10.0. The molecule has 1 atom stereocenters. The first-order chi connectivity index (χ1) is 8.70. The van der Waals surface area contributed by atoms with Gasteiger partial charge in [0, 0.05) is 5.69 Å². The monoisotopic (exact) mass is 312 g/mol. The van der Waals surface area contributed by atoms with E-state index in [0.29, 0.717) is 0 Å². The van der Waals surface area contributed by atoms with Gasteiger partial charge in [-0.1, -0.05) is 6.42 Å². The Hall–Kier alpha value is -1.07. The molecule has 98 valence electrons. The number of hydrogen-bond donors (Lipinski definition) is 2. The largest absolute Gasteiger partial charge is 0.496 e. The molecule has 2 rings (SSSR count). The maximum absolute atomic E-state index is 12.0. The Labute approximate surface area is 115 Å². The third-order valence-corrected chi connectivity index (χ3v) is 3.67. The van der Waals surface area contributed by atoms with Crippen LogP contribution in [0.1, 0.15) is 19.3 Å². The molecule has 5 heteroatoms. The molecule has 2 N–H and O–H groups in total. The topological polar surface area (TPSA) is 50.4 Å². The van der Waals surface area contributed by atoms with Crippen molar-refractivity contribution in [3.05, 3.63) is 22.7 Å². The van der Waals surface area contributed by atoms with E-state index in [1.54, 1.807) is 7.11 Å². The molecule has 1 amide bonds. The van der Waals surface area contributed by atoms with Crippen molar-refractivity contribution >= 4 is 27.5 Å². The van der Waals surface area contributed by atoms with Gasteiger partial charge in [0.15, 0.2) is 0 Å². The number of methoxy groups -OCH3 is 1. The van der Waals surface area contributed by atoms with Crippen LogP contribution in [0.4, 0.5) is 5.69 Å². The van der Waals surface area contributed by atoms with Crippen molar-refractivity contribution in [1.82, 2.24) is 5.32 Å². The molecule has 0 spiro atoms. The summed E-state index contributed by atoms with van der Waals surface area (Å²) in [5, 5.41) is 6.14. The fraction of sp³-hybridized carbons (Fsp3) is 0.462. The van der Waals surface area contributed by atoms with Crippen molar-refractivity contribution in [2.45, 2.75) is 25.3 Å². The number of benzene rings is 1. The van der Waals surface area contributed by atoms with Gasteiger partial charge in [0.05, 0.1) is 17.6 Å². The van der Waals surface area contributed by atoms with Gasteiger partial charge in [-0.15, -0.1) is 0 Å². The Morgan fingerprint density at radius 1 is 1.50 bits per heavy atom. The van der Waals surface area contributed by atoms with Gasteiger partial charge in [-0.2, -0.15) is 0 Å². The van der Waals surface area contributed by atoms with E-state index in [1.165, 1.54) is 0 Å². The second-order valence-corrected chi connectivity index (χ2v) is 5.20. The Balaban J connectivity index is 2.00. The van der Waals surface area contributed by atoms with Crippen molar-refractivity contribution in [2.75, 3.05) is 19.0 Å². The summed E-state index contributed by atoms with van der Waals surface area (Å²) in [7, 11) is 1.62. The minimum absolute atomic E-state index is 0.0340. The Morgan fingerprint density at radius 3 is 2.94 bits per heavy atom. The van der Waals surface area contributed by atoms with Gasteiger partial charge in [-0.3, -0.25) is 4.79 Å². The standard InChI is InChI=1S/C13H17BrN2O2/c1-18-12-6-5-9(8-10(12)14)16-13(17)11-4-2-3-7-15-11/h5-6,8,11,15H,2-4,7H2,1H3,(H,16,17). The Kier molecular flexibility index (Phi) is 4.60. The highest BCUT2D eigenvalue weighted by atomic mass is 79.9. The second-order valence-electron chi connectivity index (χ2n) is 4.34. The smallest absolute Gasteiger partial charge is 0.241 e.